The van der Waals surface area contributed by atoms with E-state index in [1.54, 1.807) is 0 Å². The van der Waals surface area contributed by atoms with Crippen LogP contribution < -0.4 is 5.32 Å². The van der Waals surface area contributed by atoms with Crippen LogP contribution in [0, 0.1) is 0 Å². The number of hydrogen-bond acceptors (Lipinski definition) is 3. The zero-order chi connectivity index (χ0) is 15.1. The maximum Gasteiger partial charge on any atom is 0.248 e. The molecule has 1 N–H and O–H groups in total. The Hall–Kier alpha value is -0.710. The van der Waals surface area contributed by atoms with Crippen LogP contribution in [0.2, 0.25) is 0 Å². The minimum absolute atomic E-state index is 0.0510. The van der Waals surface area contributed by atoms with Crippen LogP contribution in [0.4, 0.5) is 0 Å². The standard InChI is InChI=1S/C16H28N2O2S/c1-21-13-7-3-6-11-18-12-8-14(19)17-16(15(18)20)9-4-2-5-10-16/h2-13H2,1H3,(H,17,19). The van der Waals surface area contributed by atoms with E-state index in [0.29, 0.717) is 13.0 Å². The molecule has 1 saturated carbocycles. The number of nitrogens with zero attached hydrogens (tertiary/aromatic N) is 1. The SMILES string of the molecule is CSCCCCCN1CCC(=O)NC2(CCCCC2)C1=O. The molecule has 2 amide bonds. The highest BCUT2D eigenvalue weighted by Crippen LogP contribution is 2.31. The number of nitrogens with one attached hydrogen (secondary N) is 1. The molecule has 1 aliphatic carbocycles. The zero-order valence-corrected chi connectivity index (χ0v) is 14.0. The monoisotopic (exact) mass is 312 g/mol. The molecule has 21 heavy (non-hydrogen) atoms. The van der Waals surface area contributed by atoms with Gasteiger partial charge in [-0.05, 0) is 37.7 Å². The largest absolute Gasteiger partial charge is 0.342 e. The van der Waals surface area contributed by atoms with Crippen molar-refractivity contribution in [1.29, 1.82) is 0 Å². The third kappa shape index (κ3) is 4.38. The van der Waals surface area contributed by atoms with Crippen molar-refractivity contribution < 1.29 is 9.59 Å². The molecule has 0 radical (unpaired) electrons. The van der Waals surface area contributed by atoms with Gasteiger partial charge in [-0.15, -0.1) is 0 Å². The minimum atomic E-state index is -0.578. The molecule has 4 nitrogen and oxygen atoms in total. The van der Waals surface area contributed by atoms with Crippen molar-refractivity contribution in [2.45, 2.75) is 63.3 Å². The molecular weight excluding hydrogens is 284 g/mol. The third-order valence-electron chi connectivity index (χ3n) is 4.67. The van der Waals surface area contributed by atoms with E-state index >= 15 is 0 Å². The first-order chi connectivity index (χ1) is 10.2. The molecule has 0 aromatic carbocycles. The van der Waals surface area contributed by atoms with Gasteiger partial charge in [0.15, 0.2) is 0 Å². The second-order valence-electron chi connectivity index (χ2n) is 6.29. The Balaban J connectivity index is 1.93. The Morgan fingerprint density at radius 3 is 2.62 bits per heavy atom. The van der Waals surface area contributed by atoms with Crippen molar-refractivity contribution in [3.05, 3.63) is 0 Å². The van der Waals surface area contributed by atoms with E-state index in [0.717, 1.165) is 38.6 Å². The number of amides is 2. The fourth-order valence-corrected chi connectivity index (χ4v) is 3.95. The van der Waals surface area contributed by atoms with Gasteiger partial charge in [-0.3, -0.25) is 9.59 Å². The Morgan fingerprint density at radius 2 is 1.90 bits per heavy atom. The van der Waals surface area contributed by atoms with Gasteiger partial charge in [0.1, 0.15) is 5.54 Å². The van der Waals surface area contributed by atoms with Gasteiger partial charge in [-0.25, -0.2) is 0 Å². The Bertz CT molecular complexity index is 367. The van der Waals surface area contributed by atoms with E-state index in [1.807, 2.05) is 16.7 Å². The summed E-state index contributed by atoms with van der Waals surface area (Å²) in [5, 5.41) is 3.05. The lowest BCUT2D eigenvalue weighted by Gasteiger charge is -2.38. The van der Waals surface area contributed by atoms with Gasteiger partial charge >= 0.3 is 0 Å². The molecular formula is C16H28N2O2S. The van der Waals surface area contributed by atoms with E-state index in [1.165, 1.54) is 25.0 Å². The summed E-state index contributed by atoms with van der Waals surface area (Å²) in [6.07, 6.45) is 10.9. The van der Waals surface area contributed by atoms with Gasteiger partial charge in [0.05, 0.1) is 0 Å². The molecule has 5 heteroatoms. The number of carbonyl (C=O) groups is 2. The van der Waals surface area contributed by atoms with Gasteiger partial charge in [-0.1, -0.05) is 25.7 Å². The first-order valence-electron chi connectivity index (χ1n) is 8.27. The van der Waals surface area contributed by atoms with Crippen LogP contribution in [0.25, 0.3) is 0 Å². The van der Waals surface area contributed by atoms with Gasteiger partial charge in [0.25, 0.3) is 0 Å². The summed E-state index contributed by atoms with van der Waals surface area (Å²) in [4.78, 5) is 26.8. The smallest absolute Gasteiger partial charge is 0.248 e. The number of rotatable bonds is 6. The molecule has 2 aliphatic rings. The Morgan fingerprint density at radius 1 is 1.14 bits per heavy atom. The van der Waals surface area contributed by atoms with Gasteiger partial charge in [0, 0.05) is 19.5 Å². The summed E-state index contributed by atoms with van der Waals surface area (Å²) in [5.74, 6) is 1.42. The van der Waals surface area contributed by atoms with Gasteiger partial charge in [0.2, 0.25) is 11.8 Å². The summed E-state index contributed by atoms with van der Waals surface area (Å²) in [5.41, 5.74) is -0.578. The molecule has 0 unspecified atom stereocenters. The van der Waals surface area contributed by atoms with Gasteiger partial charge in [-0.2, -0.15) is 11.8 Å². The fraction of sp³-hybridized carbons (Fsp3) is 0.875. The van der Waals surface area contributed by atoms with Crippen LogP contribution in [-0.2, 0) is 9.59 Å². The average molecular weight is 312 g/mol. The number of carbonyl (C=O) groups excluding carboxylic acids is 2. The molecule has 120 valence electrons. The van der Waals surface area contributed by atoms with Crippen LogP contribution in [0.1, 0.15) is 57.8 Å². The summed E-state index contributed by atoms with van der Waals surface area (Å²) < 4.78 is 0. The van der Waals surface area contributed by atoms with E-state index in [9.17, 15) is 9.59 Å². The predicted molar refractivity (Wildman–Crippen MR) is 87.4 cm³/mol. The molecule has 2 fully saturated rings. The number of hydrogen-bond donors (Lipinski definition) is 1. The van der Waals surface area contributed by atoms with Crippen molar-refractivity contribution in [1.82, 2.24) is 10.2 Å². The van der Waals surface area contributed by atoms with Crippen molar-refractivity contribution >= 4 is 23.6 Å². The molecule has 1 aliphatic heterocycles. The third-order valence-corrected chi connectivity index (χ3v) is 5.36. The van der Waals surface area contributed by atoms with E-state index in [-0.39, 0.29) is 11.8 Å². The van der Waals surface area contributed by atoms with Crippen molar-refractivity contribution in [3.8, 4) is 0 Å². The lowest BCUT2D eigenvalue weighted by molar-refractivity contribution is -0.140. The average Bonchev–Trinajstić information content (AvgIpc) is 2.60. The minimum Gasteiger partial charge on any atom is -0.342 e. The topological polar surface area (TPSA) is 49.4 Å². The highest BCUT2D eigenvalue weighted by molar-refractivity contribution is 7.98. The van der Waals surface area contributed by atoms with E-state index in [4.69, 9.17) is 0 Å². The Labute approximate surface area is 132 Å². The van der Waals surface area contributed by atoms with Crippen LogP contribution in [0.3, 0.4) is 0 Å². The molecule has 0 aromatic heterocycles. The molecule has 0 atom stereocenters. The lowest BCUT2D eigenvalue weighted by atomic mass is 9.80. The maximum atomic E-state index is 12.9. The zero-order valence-electron chi connectivity index (χ0n) is 13.2. The van der Waals surface area contributed by atoms with Gasteiger partial charge < -0.3 is 10.2 Å². The summed E-state index contributed by atoms with van der Waals surface area (Å²) >= 11 is 1.87. The molecule has 1 saturated heterocycles. The van der Waals surface area contributed by atoms with Crippen LogP contribution in [0.15, 0.2) is 0 Å². The second kappa shape index (κ2) is 8.06. The van der Waals surface area contributed by atoms with E-state index in [2.05, 4.69) is 11.6 Å². The fourth-order valence-electron chi connectivity index (χ4n) is 3.46. The Kier molecular flexibility index (Phi) is 6.40. The number of thioether (sulfide) groups is 1. The van der Waals surface area contributed by atoms with Crippen molar-refractivity contribution in [2.75, 3.05) is 25.1 Å². The summed E-state index contributed by atoms with van der Waals surface area (Å²) in [7, 11) is 0. The van der Waals surface area contributed by atoms with Crippen molar-refractivity contribution in [2.24, 2.45) is 0 Å². The maximum absolute atomic E-state index is 12.9. The molecule has 0 aromatic rings. The van der Waals surface area contributed by atoms with Crippen LogP contribution in [-0.4, -0.2) is 47.4 Å². The van der Waals surface area contributed by atoms with Crippen LogP contribution >= 0.6 is 11.8 Å². The predicted octanol–water partition coefficient (Wildman–Crippen LogP) is 2.57. The first-order valence-corrected chi connectivity index (χ1v) is 9.67. The van der Waals surface area contributed by atoms with E-state index < -0.39 is 5.54 Å². The molecule has 2 rings (SSSR count). The van der Waals surface area contributed by atoms with Crippen LogP contribution in [0.5, 0.6) is 0 Å². The molecule has 1 heterocycles. The molecule has 0 bridgehead atoms. The number of unbranched alkanes of at least 4 members (excludes halogenated alkanes) is 2. The summed E-state index contributed by atoms with van der Waals surface area (Å²) in [6.45, 7) is 1.40. The normalized spacial score (nSPS) is 22.2. The lowest BCUT2D eigenvalue weighted by Crippen LogP contribution is -2.58. The summed E-state index contributed by atoms with van der Waals surface area (Å²) in [6, 6.07) is 0. The second-order valence-corrected chi connectivity index (χ2v) is 7.27. The first kappa shape index (κ1) is 16.7. The quantitative estimate of drug-likeness (QED) is 0.767. The highest BCUT2D eigenvalue weighted by Gasteiger charge is 2.44. The highest BCUT2D eigenvalue weighted by atomic mass is 32.2. The van der Waals surface area contributed by atoms with Crippen molar-refractivity contribution in [3.63, 3.8) is 0 Å². The molecule has 1 spiro atoms.